The topological polar surface area (TPSA) is 61.9 Å². The van der Waals surface area contributed by atoms with Gasteiger partial charge < -0.3 is 0 Å². The van der Waals surface area contributed by atoms with E-state index >= 15 is 0 Å². The van der Waals surface area contributed by atoms with Gasteiger partial charge >= 0.3 is 0 Å². The summed E-state index contributed by atoms with van der Waals surface area (Å²) in [5.41, 5.74) is 1.97. The Hall–Kier alpha value is -2.17. The largest absolute Gasteiger partial charge is 0.289 e. The van der Waals surface area contributed by atoms with E-state index in [1.54, 1.807) is 4.90 Å². The number of nitrogens with zero attached hydrogens (tertiary/aromatic N) is 3. The van der Waals surface area contributed by atoms with Gasteiger partial charge in [-0.2, -0.15) is 10.3 Å². The monoisotopic (exact) mass is 228 g/mol. The first-order chi connectivity index (χ1) is 8.34. The molecule has 3 rings (SSSR count). The second kappa shape index (κ2) is 4.01. The van der Waals surface area contributed by atoms with E-state index in [1.807, 2.05) is 30.3 Å². The summed E-state index contributed by atoms with van der Waals surface area (Å²) in [6.45, 7) is 0.555. The van der Waals surface area contributed by atoms with E-state index in [0.29, 0.717) is 25.2 Å². The molecule has 86 valence electrons. The Morgan fingerprint density at radius 2 is 2.00 bits per heavy atom. The van der Waals surface area contributed by atoms with Gasteiger partial charge in [0.25, 0.3) is 0 Å². The van der Waals surface area contributed by atoms with Crippen LogP contribution in [0.25, 0.3) is 0 Å². The highest BCUT2D eigenvalue weighted by Gasteiger charge is 2.27. The maximum absolute atomic E-state index is 11.9. The lowest BCUT2D eigenvalue weighted by atomic mass is 10.1. The number of benzene rings is 1. The van der Waals surface area contributed by atoms with E-state index in [1.165, 1.54) is 0 Å². The van der Waals surface area contributed by atoms with Crippen molar-refractivity contribution in [1.82, 2.24) is 15.4 Å². The van der Waals surface area contributed by atoms with E-state index in [0.717, 1.165) is 11.3 Å². The predicted octanol–water partition coefficient (Wildman–Crippen LogP) is 1.28. The molecule has 0 atom stereocenters. The number of aryl methyl sites for hydroxylation is 1. The number of fused-ring (bicyclic) bond motifs is 1. The summed E-state index contributed by atoms with van der Waals surface area (Å²) in [5, 5.41) is 10.7. The minimum atomic E-state index is 0.107. The molecule has 17 heavy (non-hydrogen) atoms. The number of anilines is 1. The summed E-state index contributed by atoms with van der Waals surface area (Å²) in [7, 11) is 0. The Labute approximate surface area is 98.4 Å². The fourth-order valence-electron chi connectivity index (χ4n) is 2.04. The average Bonchev–Trinajstić information content (AvgIpc) is 2.83. The van der Waals surface area contributed by atoms with Gasteiger partial charge in [-0.05, 0) is 5.56 Å². The molecule has 0 unspecified atom stereocenters. The van der Waals surface area contributed by atoms with Crippen molar-refractivity contribution in [2.24, 2.45) is 0 Å². The molecular formula is C12H12N4O. The number of nitrogens with one attached hydrogen (secondary N) is 1. The summed E-state index contributed by atoms with van der Waals surface area (Å²) in [6.07, 6.45) is 1.18. The number of aromatic nitrogens is 3. The van der Waals surface area contributed by atoms with Gasteiger partial charge in [0, 0.05) is 12.8 Å². The van der Waals surface area contributed by atoms with Crippen LogP contribution in [0, 0.1) is 0 Å². The second-order valence-electron chi connectivity index (χ2n) is 4.06. The van der Waals surface area contributed by atoms with Crippen molar-refractivity contribution in [2.75, 3.05) is 4.90 Å². The van der Waals surface area contributed by atoms with Gasteiger partial charge in [-0.25, -0.2) is 0 Å². The molecule has 1 aromatic heterocycles. The molecule has 2 aromatic rings. The van der Waals surface area contributed by atoms with Gasteiger partial charge in [0.2, 0.25) is 5.91 Å². The Bertz CT molecular complexity index is 534. The van der Waals surface area contributed by atoms with Crippen LogP contribution in [0.3, 0.4) is 0 Å². The zero-order valence-corrected chi connectivity index (χ0v) is 9.26. The second-order valence-corrected chi connectivity index (χ2v) is 4.06. The van der Waals surface area contributed by atoms with Crippen molar-refractivity contribution in [1.29, 1.82) is 0 Å². The van der Waals surface area contributed by atoms with Crippen molar-refractivity contribution in [3.63, 3.8) is 0 Å². The lowest BCUT2D eigenvalue weighted by Crippen LogP contribution is -2.34. The van der Waals surface area contributed by atoms with E-state index in [2.05, 4.69) is 15.4 Å². The van der Waals surface area contributed by atoms with Crippen molar-refractivity contribution in [3.8, 4) is 0 Å². The van der Waals surface area contributed by atoms with Crippen LogP contribution in [-0.4, -0.2) is 21.3 Å². The molecule has 0 aliphatic carbocycles. The normalized spacial score (nSPS) is 14.8. The molecule has 0 bridgehead atoms. The Morgan fingerprint density at radius 1 is 1.18 bits per heavy atom. The van der Waals surface area contributed by atoms with Crippen LogP contribution in [0.15, 0.2) is 30.3 Å². The number of aromatic amines is 1. The molecule has 1 aromatic carbocycles. The highest BCUT2D eigenvalue weighted by atomic mass is 16.2. The van der Waals surface area contributed by atoms with E-state index < -0.39 is 0 Å². The van der Waals surface area contributed by atoms with Crippen molar-refractivity contribution in [2.45, 2.75) is 19.4 Å². The molecule has 5 nitrogen and oxygen atoms in total. The standard InChI is InChI=1S/C12H12N4O/c17-11-7-6-10-12(14-15-13-10)16(11)8-9-4-2-1-3-5-9/h1-5H,6-8H2,(H,13,14,15). The number of carbonyl (C=O) groups excluding carboxylic acids is 1. The maximum atomic E-state index is 11.9. The minimum absolute atomic E-state index is 0.107. The fraction of sp³-hybridized carbons (Fsp3) is 0.250. The third kappa shape index (κ3) is 1.80. The number of carbonyl (C=O) groups is 1. The molecule has 0 spiro atoms. The highest BCUT2D eigenvalue weighted by molar-refractivity contribution is 5.94. The molecule has 0 saturated heterocycles. The van der Waals surface area contributed by atoms with Gasteiger partial charge in [-0.1, -0.05) is 30.3 Å². The van der Waals surface area contributed by atoms with Crippen molar-refractivity contribution < 1.29 is 4.79 Å². The van der Waals surface area contributed by atoms with Crippen LogP contribution in [0.4, 0.5) is 5.82 Å². The van der Waals surface area contributed by atoms with Gasteiger partial charge in [0.1, 0.15) is 5.69 Å². The molecule has 0 fully saturated rings. The fourth-order valence-corrected chi connectivity index (χ4v) is 2.04. The minimum Gasteiger partial charge on any atom is -0.289 e. The van der Waals surface area contributed by atoms with Gasteiger partial charge in [0.15, 0.2) is 5.82 Å². The van der Waals surface area contributed by atoms with Crippen LogP contribution in [0.1, 0.15) is 17.7 Å². The van der Waals surface area contributed by atoms with Crippen molar-refractivity contribution in [3.05, 3.63) is 41.6 Å². The first kappa shape index (κ1) is 10.0. The van der Waals surface area contributed by atoms with E-state index in [-0.39, 0.29) is 5.91 Å². The Morgan fingerprint density at radius 3 is 2.82 bits per heavy atom. The van der Waals surface area contributed by atoms with Gasteiger partial charge in [-0.15, -0.1) is 5.10 Å². The lowest BCUT2D eigenvalue weighted by Gasteiger charge is -2.24. The van der Waals surface area contributed by atoms with Crippen LogP contribution >= 0.6 is 0 Å². The van der Waals surface area contributed by atoms with Crippen LogP contribution < -0.4 is 4.90 Å². The maximum Gasteiger partial charge on any atom is 0.228 e. The zero-order valence-electron chi connectivity index (χ0n) is 9.26. The summed E-state index contributed by atoms with van der Waals surface area (Å²) in [4.78, 5) is 13.6. The number of hydrogen-bond donors (Lipinski definition) is 1. The molecular weight excluding hydrogens is 216 g/mol. The molecule has 0 radical (unpaired) electrons. The summed E-state index contributed by atoms with van der Waals surface area (Å²) in [6, 6.07) is 9.90. The molecule has 2 heterocycles. The SMILES string of the molecule is O=C1CCc2n[nH]nc2N1Cc1ccccc1. The van der Waals surface area contributed by atoms with Crippen LogP contribution in [0.5, 0.6) is 0 Å². The number of hydrogen-bond acceptors (Lipinski definition) is 3. The molecule has 0 saturated carbocycles. The van der Waals surface area contributed by atoms with Crippen LogP contribution in [-0.2, 0) is 17.8 Å². The molecule has 1 amide bonds. The third-order valence-corrected chi connectivity index (χ3v) is 2.91. The Balaban J connectivity index is 1.91. The highest BCUT2D eigenvalue weighted by Crippen LogP contribution is 2.24. The first-order valence-electron chi connectivity index (χ1n) is 5.58. The van der Waals surface area contributed by atoms with E-state index in [4.69, 9.17) is 0 Å². The predicted molar refractivity (Wildman–Crippen MR) is 62.3 cm³/mol. The number of H-pyrrole nitrogens is 1. The first-order valence-corrected chi connectivity index (χ1v) is 5.58. The average molecular weight is 228 g/mol. The number of rotatable bonds is 2. The van der Waals surface area contributed by atoms with Crippen LogP contribution in [0.2, 0.25) is 0 Å². The molecule has 1 aliphatic heterocycles. The zero-order chi connectivity index (χ0) is 11.7. The summed E-state index contributed by atoms with van der Waals surface area (Å²) >= 11 is 0. The smallest absolute Gasteiger partial charge is 0.228 e. The molecule has 1 aliphatic rings. The van der Waals surface area contributed by atoms with Gasteiger partial charge in [-0.3, -0.25) is 9.69 Å². The van der Waals surface area contributed by atoms with Crippen molar-refractivity contribution >= 4 is 11.7 Å². The van der Waals surface area contributed by atoms with Gasteiger partial charge in [0.05, 0.1) is 6.54 Å². The quantitative estimate of drug-likeness (QED) is 0.842. The lowest BCUT2D eigenvalue weighted by molar-refractivity contribution is -0.119. The van der Waals surface area contributed by atoms with E-state index in [9.17, 15) is 4.79 Å². The summed E-state index contributed by atoms with van der Waals surface area (Å²) in [5.74, 6) is 0.778. The molecule has 1 N–H and O–H groups in total. The molecule has 5 heteroatoms. The number of amides is 1. The Kier molecular flexibility index (Phi) is 2.36. The third-order valence-electron chi connectivity index (χ3n) is 2.91. The summed E-state index contributed by atoms with van der Waals surface area (Å²) < 4.78 is 0.